The van der Waals surface area contributed by atoms with E-state index in [2.05, 4.69) is 20.2 Å². The summed E-state index contributed by atoms with van der Waals surface area (Å²) in [7, 11) is 0. The first-order valence-electron chi connectivity index (χ1n) is 8.31. The van der Waals surface area contributed by atoms with E-state index in [9.17, 15) is 5.11 Å². The van der Waals surface area contributed by atoms with Crippen LogP contribution in [0.2, 0.25) is 0 Å². The minimum Gasteiger partial charge on any atom is -0.508 e. The Morgan fingerprint density at radius 3 is 2.83 bits per heavy atom. The fraction of sp³-hybridized carbons (Fsp3) is 0.412. The Balaban J connectivity index is 1.57. The third-order valence-corrected chi connectivity index (χ3v) is 5.66. The van der Waals surface area contributed by atoms with E-state index in [0.717, 1.165) is 23.7 Å². The second kappa shape index (κ2) is 5.46. The molecule has 2 saturated heterocycles. The predicted molar refractivity (Wildman–Crippen MR) is 93.6 cm³/mol. The van der Waals surface area contributed by atoms with Crippen molar-refractivity contribution >= 4 is 28.5 Å². The molecule has 24 heavy (non-hydrogen) atoms. The van der Waals surface area contributed by atoms with Crippen molar-refractivity contribution in [3.63, 3.8) is 0 Å². The molecule has 4 heterocycles. The molecule has 2 atom stereocenters. The molecule has 2 N–H and O–H groups in total. The van der Waals surface area contributed by atoms with Gasteiger partial charge in [0.05, 0.1) is 5.56 Å². The first-order chi connectivity index (χ1) is 11.8. The number of benzene rings is 1. The Morgan fingerprint density at radius 2 is 2.08 bits per heavy atom. The zero-order valence-electron chi connectivity index (χ0n) is 13.1. The molecule has 124 valence electrons. The number of phenols is 1. The molecule has 0 amide bonds. The predicted octanol–water partition coefficient (Wildman–Crippen LogP) is 2.99. The zero-order chi connectivity index (χ0) is 16.1. The molecule has 0 spiro atoms. The maximum absolute atomic E-state index is 10.0. The monoisotopic (exact) mass is 342 g/mol. The number of phenolic OH excluding ortho intramolecular Hbond substituents is 1. The van der Waals surface area contributed by atoms with Gasteiger partial charge in [0, 0.05) is 42.8 Å². The number of aromatic hydroxyl groups is 1. The highest BCUT2D eigenvalue weighted by molar-refractivity contribution is 7.13. The Bertz CT molecular complexity index is 864. The minimum absolute atomic E-state index is 0.185. The lowest BCUT2D eigenvalue weighted by Crippen LogP contribution is -2.58. The Labute approximate surface area is 143 Å². The summed E-state index contributed by atoms with van der Waals surface area (Å²) in [6, 6.07) is 5.02. The van der Waals surface area contributed by atoms with Crippen molar-refractivity contribution in [2.45, 2.75) is 31.3 Å². The van der Waals surface area contributed by atoms with E-state index in [1.54, 1.807) is 18.3 Å². The van der Waals surface area contributed by atoms with E-state index in [-0.39, 0.29) is 5.75 Å². The number of thiazole rings is 1. The third kappa shape index (κ3) is 2.35. The summed E-state index contributed by atoms with van der Waals surface area (Å²) in [5.41, 5.74) is 2.18. The van der Waals surface area contributed by atoms with Gasteiger partial charge in [-0.1, -0.05) is 6.42 Å². The Hall–Kier alpha value is -2.12. The highest BCUT2D eigenvalue weighted by Gasteiger charge is 2.32. The number of oxazole rings is 1. The molecule has 2 aliphatic rings. The minimum atomic E-state index is 0.185. The Morgan fingerprint density at radius 1 is 1.25 bits per heavy atom. The molecule has 0 aliphatic carbocycles. The van der Waals surface area contributed by atoms with E-state index in [1.165, 1.54) is 30.6 Å². The van der Waals surface area contributed by atoms with E-state index in [1.807, 2.05) is 5.38 Å². The fourth-order valence-electron chi connectivity index (χ4n) is 3.82. The summed E-state index contributed by atoms with van der Waals surface area (Å²) in [5, 5.41) is 16.4. The maximum atomic E-state index is 10.0. The molecule has 7 heteroatoms. The van der Waals surface area contributed by atoms with Crippen LogP contribution >= 0.6 is 11.3 Å². The van der Waals surface area contributed by atoms with Gasteiger partial charge in [0.25, 0.3) is 6.01 Å². The molecule has 1 aromatic carbocycles. The second-order valence-corrected chi connectivity index (χ2v) is 7.47. The molecule has 2 fully saturated rings. The molecule has 2 aliphatic heterocycles. The summed E-state index contributed by atoms with van der Waals surface area (Å²) in [5.74, 6) is 0.185. The van der Waals surface area contributed by atoms with Crippen molar-refractivity contribution in [3.05, 3.63) is 23.7 Å². The number of nitrogens with zero attached hydrogens (tertiary/aromatic N) is 3. The first-order valence-corrected chi connectivity index (χ1v) is 9.18. The number of nitrogens with one attached hydrogen (secondary N) is 1. The molecule has 5 rings (SSSR count). The van der Waals surface area contributed by atoms with Crippen LogP contribution in [-0.2, 0) is 0 Å². The lowest BCUT2D eigenvalue weighted by Gasteiger charge is -2.41. The van der Waals surface area contributed by atoms with E-state index >= 15 is 0 Å². The van der Waals surface area contributed by atoms with Gasteiger partial charge in [-0.3, -0.25) is 0 Å². The van der Waals surface area contributed by atoms with Crippen LogP contribution in [0.25, 0.3) is 21.7 Å². The number of piperazine rings is 1. The summed E-state index contributed by atoms with van der Waals surface area (Å²) < 4.78 is 6.13. The van der Waals surface area contributed by atoms with Crippen LogP contribution in [0.3, 0.4) is 0 Å². The molecule has 2 aromatic heterocycles. The van der Waals surface area contributed by atoms with Crippen LogP contribution in [0.5, 0.6) is 5.75 Å². The van der Waals surface area contributed by atoms with Crippen LogP contribution in [-0.4, -0.2) is 40.2 Å². The van der Waals surface area contributed by atoms with Gasteiger partial charge in [-0.15, -0.1) is 11.3 Å². The summed E-state index contributed by atoms with van der Waals surface area (Å²) in [6.45, 7) is 1.84. The van der Waals surface area contributed by atoms with E-state index in [4.69, 9.17) is 4.42 Å². The van der Waals surface area contributed by atoms with Crippen molar-refractivity contribution in [1.82, 2.24) is 15.3 Å². The lowest BCUT2D eigenvalue weighted by molar-refractivity contribution is 0.276. The average Bonchev–Trinajstić information content (AvgIpc) is 3.23. The van der Waals surface area contributed by atoms with Gasteiger partial charge in [0.15, 0.2) is 5.58 Å². The smallest absolute Gasteiger partial charge is 0.298 e. The SMILES string of the molecule is Oc1cc(-c2nccs2)c2oc(N3CC4CCCC(C3)N4)nc2c1. The normalized spacial score (nSPS) is 23.8. The molecule has 0 saturated carbocycles. The van der Waals surface area contributed by atoms with Gasteiger partial charge in [0.2, 0.25) is 0 Å². The van der Waals surface area contributed by atoms with Gasteiger partial charge in [-0.25, -0.2) is 4.98 Å². The summed E-state index contributed by atoms with van der Waals surface area (Å²) >= 11 is 1.52. The van der Waals surface area contributed by atoms with Crippen molar-refractivity contribution < 1.29 is 9.52 Å². The van der Waals surface area contributed by atoms with E-state index < -0.39 is 0 Å². The molecule has 6 nitrogen and oxygen atoms in total. The molecule has 2 bridgehead atoms. The van der Waals surface area contributed by atoms with Crippen LogP contribution in [0.15, 0.2) is 28.1 Å². The van der Waals surface area contributed by atoms with Crippen LogP contribution in [0.1, 0.15) is 19.3 Å². The highest BCUT2D eigenvalue weighted by Crippen LogP contribution is 2.36. The number of rotatable bonds is 2. The number of hydrogen-bond acceptors (Lipinski definition) is 7. The number of fused-ring (bicyclic) bond motifs is 3. The lowest BCUT2D eigenvalue weighted by atomic mass is 9.94. The maximum Gasteiger partial charge on any atom is 0.298 e. The number of hydrogen-bond donors (Lipinski definition) is 2. The highest BCUT2D eigenvalue weighted by atomic mass is 32.1. The van der Waals surface area contributed by atoms with Crippen LogP contribution < -0.4 is 10.2 Å². The zero-order valence-corrected chi connectivity index (χ0v) is 13.9. The molecule has 2 unspecified atom stereocenters. The van der Waals surface area contributed by atoms with Gasteiger partial charge in [-0.05, 0) is 18.9 Å². The first kappa shape index (κ1) is 14.2. The molecule has 0 radical (unpaired) electrons. The second-order valence-electron chi connectivity index (χ2n) is 6.57. The number of piperidine rings is 1. The number of anilines is 1. The van der Waals surface area contributed by atoms with Gasteiger partial charge in [-0.2, -0.15) is 4.98 Å². The van der Waals surface area contributed by atoms with Crippen molar-refractivity contribution in [2.75, 3.05) is 18.0 Å². The molecule has 3 aromatic rings. The quantitative estimate of drug-likeness (QED) is 0.746. The van der Waals surface area contributed by atoms with Crippen LogP contribution in [0, 0.1) is 0 Å². The van der Waals surface area contributed by atoms with Gasteiger partial charge < -0.3 is 19.7 Å². The largest absolute Gasteiger partial charge is 0.508 e. The third-order valence-electron chi connectivity index (χ3n) is 4.85. The molecular weight excluding hydrogens is 324 g/mol. The van der Waals surface area contributed by atoms with Gasteiger partial charge in [0.1, 0.15) is 16.3 Å². The standard InChI is InChI=1S/C17H18N4O2S/c22-12-6-13(16-18-4-5-24-16)15-14(7-12)20-17(23-15)21-8-10-2-1-3-11(9-21)19-10/h4-7,10-11,19,22H,1-3,8-9H2. The topological polar surface area (TPSA) is 74.4 Å². The van der Waals surface area contributed by atoms with Crippen molar-refractivity contribution in [2.24, 2.45) is 0 Å². The number of aromatic nitrogens is 2. The summed E-state index contributed by atoms with van der Waals surface area (Å²) in [6.07, 6.45) is 5.47. The summed E-state index contributed by atoms with van der Waals surface area (Å²) in [4.78, 5) is 11.2. The van der Waals surface area contributed by atoms with Crippen molar-refractivity contribution in [3.8, 4) is 16.3 Å². The van der Waals surface area contributed by atoms with Crippen molar-refractivity contribution in [1.29, 1.82) is 0 Å². The molecular formula is C17H18N4O2S. The average molecular weight is 342 g/mol. The van der Waals surface area contributed by atoms with Crippen LogP contribution in [0.4, 0.5) is 6.01 Å². The van der Waals surface area contributed by atoms with Gasteiger partial charge >= 0.3 is 0 Å². The Kier molecular flexibility index (Phi) is 3.24. The van der Waals surface area contributed by atoms with E-state index in [0.29, 0.717) is 29.2 Å². The fourth-order valence-corrected chi connectivity index (χ4v) is 4.47.